The van der Waals surface area contributed by atoms with E-state index in [1.807, 2.05) is 0 Å². The van der Waals surface area contributed by atoms with Gasteiger partial charge in [-0.3, -0.25) is 0 Å². The Labute approximate surface area is 119 Å². The van der Waals surface area contributed by atoms with Gasteiger partial charge in [-0.05, 0) is 0 Å². The van der Waals surface area contributed by atoms with E-state index in [2.05, 4.69) is 6.58 Å². The van der Waals surface area contributed by atoms with Crippen molar-refractivity contribution in [1.82, 2.24) is 0 Å². The number of aliphatic hydroxyl groups excluding tert-OH is 2. The summed E-state index contributed by atoms with van der Waals surface area (Å²) < 4.78 is 15.2. The first kappa shape index (κ1) is 36.2. The highest BCUT2D eigenvalue weighted by Crippen LogP contribution is 1.95. The molecule has 0 aromatic carbocycles. The van der Waals surface area contributed by atoms with Crippen molar-refractivity contribution >= 4 is 0 Å². The van der Waals surface area contributed by atoms with Gasteiger partial charge in [-0.25, -0.2) is 0 Å². The normalized spacial score (nSPS) is 9.16. The third-order valence-corrected chi connectivity index (χ3v) is 1.38. The van der Waals surface area contributed by atoms with Crippen molar-refractivity contribution in [3.8, 4) is 0 Å². The minimum Gasteiger partial charge on any atom is -0.499 e. The van der Waals surface area contributed by atoms with E-state index < -0.39 is 0 Å². The summed E-state index contributed by atoms with van der Waals surface area (Å²) in [6.45, 7) is 4.52. The van der Waals surface area contributed by atoms with Crippen molar-refractivity contribution < 1.29 is 29.9 Å². The van der Waals surface area contributed by atoms with E-state index >= 15 is 0 Å². The van der Waals surface area contributed by atoms with Crippen LogP contribution in [0.25, 0.3) is 0 Å². The van der Waals surface area contributed by atoms with Gasteiger partial charge in [-0.2, -0.15) is 0 Å². The van der Waals surface area contributed by atoms with Crippen LogP contribution in [-0.2, 0) is 14.2 Å². The van der Waals surface area contributed by atoms with E-state index in [-0.39, 0.29) is 67.7 Å². The third kappa shape index (κ3) is 26.8. The number of rotatable bonds is 10. The van der Waals surface area contributed by atoms with Crippen molar-refractivity contribution in [2.45, 2.75) is 35.8 Å². The first-order valence-electron chi connectivity index (χ1n) is 4.48. The van der Waals surface area contributed by atoms with Crippen LogP contribution in [0.15, 0.2) is 12.8 Å². The molecule has 6 nitrogen and oxygen atoms in total. The van der Waals surface area contributed by atoms with Crippen LogP contribution in [0.4, 0.5) is 0 Å². The lowest BCUT2D eigenvalue weighted by Crippen LogP contribution is -2.26. The molecule has 0 amide bonds. The Morgan fingerprint density at radius 2 is 1.47 bits per heavy atom. The molecule has 0 rings (SSSR count). The van der Waals surface area contributed by atoms with Gasteiger partial charge in [-0.1, -0.05) is 36.3 Å². The van der Waals surface area contributed by atoms with Crippen LogP contribution < -0.4 is 0 Å². The van der Waals surface area contributed by atoms with Gasteiger partial charge in [-0.15, -0.1) is 0 Å². The largest absolute Gasteiger partial charge is 0.499 e. The number of ether oxygens (including phenoxy) is 3. The van der Waals surface area contributed by atoms with E-state index in [9.17, 15) is 0 Å². The second-order valence-corrected chi connectivity index (χ2v) is 2.51. The van der Waals surface area contributed by atoms with E-state index in [1.54, 1.807) is 0 Å². The molecule has 124 valence electrons. The predicted octanol–water partition coefficient (Wildman–Crippen LogP) is 1.25. The molecule has 0 aliphatic carbocycles. The quantitative estimate of drug-likeness (QED) is 0.465. The Bertz CT molecular complexity index is 132. The zero-order chi connectivity index (χ0) is 10.6. The molecule has 0 saturated heterocycles. The predicted molar refractivity (Wildman–Crippen MR) is 81.4 cm³/mol. The average Bonchev–Trinajstić information content (AvgIpc) is 2.21. The molecule has 4 N–H and O–H groups in total. The minimum atomic E-state index is -0.244. The standard InChI is InChI=1S/C9H18O5.4CH4.H2O/c1-2-12-7-9(14-6-4-11)8-13-5-3-10;;;;;/h2,9-11H,1,3-8H2;4*1H4;1H2. The van der Waals surface area contributed by atoms with Gasteiger partial charge in [0.15, 0.2) is 0 Å². The average molecular weight is 288 g/mol. The molecule has 0 aromatic heterocycles. The van der Waals surface area contributed by atoms with E-state index in [1.165, 1.54) is 6.26 Å². The maximum absolute atomic E-state index is 8.55. The summed E-state index contributed by atoms with van der Waals surface area (Å²) in [7, 11) is 0. The van der Waals surface area contributed by atoms with Crippen LogP contribution >= 0.6 is 0 Å². The molecule has 0 aliphatic heterocycles. The van der Waals surface area contributed by atoms with Crippen molar-refractivity contribution in [1.29, 1.82) is 0 Å². The van der Waals surface area contributed by atoms with Crippen LogP contribution in [0.5, 0.6) is 0 Å². The number of hydrogen-bond acceptors (Lipinski definition) is 5. The first-order chi connectivity index (χ1) is 6.85. The van der Waals surface area contributed by atoms with E-state index in [4.69, 9.17) is 24.4 Å². The lowest BCUT2D eigenvalue weighted by Gasteiger charge is -2.16. The van der Waals surface area contributed by atoms with Crippen LogP contribution in [0.1, 0.15) is 29.7 Å². The zero-order valence-corrected chi connectivity index (χ0v) is 8.72. The highest BCUT2D eigenvalue weighted by Gasteiger charge is 2.08. The molecular formula is C13H36O6. The highest BCUT2D eigenvalue weighted by atomic mass is 16.6. The molecular weight excluding hydrogens is 252 g/mol. The van der Waals surface area contributed by atoms with Crippen LogP contribution in [0, 0.1) is 0 Å². The lowest BCUT2D eigenvalue weighted by molar-refractivity contribution is -0.0573. The second kappa shape index (κ2) is 30.4. The Morgan fingerprint density at radius 3 is 1.89 bits per heavy atom. The Morgan fingerprint density at radius 1 is 0.947 bits per heavy atom. The Hall–Kier alpha value is -0.660. The summed E-state index contributed by atoms with van der Waals surface area (Å²) in [6, 6.07) is 0. The SMILES string of the molecule is C.C.C.C.C=COCC(COCCO)OCCO.O. The maximum Gasteiger partial charge on any atom is 0.116 e. The van der Waals surface area contributed by atoms with Crippen molar-refractivity contribution in [2.75, 3.05) is 39.6 Å². The molecule has 6 heteroatoms. The van der Waals surface area contributed by atoms with E-state index in [0.717, 1.165) is 0 Å². The summed E-state index contributed by atoms with van der Waals surface area (Å²) >= 11 is 0. The number of aliphatic hydroxyl groups is 2. The molecule has 19 heavy (non-hydrogen) atoms. The fraction of sp³-hybridized carbons (Fsp3) is 0.846. The fourth-order valence-electron chi connectivity index (χ4n) is 0.818. The minimum absolute atomic E-state index is 0. The molecule has 1 unspecified atom stereocenters. The molecule has 0 spiro atoms. The summed E-state index contributed by atoms with van der Waals surface area (Å²) in [4.78, 5) is 0. The monoisotopic (exact) mass is 288 g/mol. The molecule has 0 fully saturated rings. The van der Waals surface area contributed by atoms with Crippen molar-refractivity contribution in [3.05, 3.63) is 12.8 Å². The van der Waals surface area contributed by atoms with Gasteiger partial charge in [0.1, 0.15) is 12.7 Å². The fourth-order valence-corrected chi connectivity index (χ4v) is 0.818. The lowest BCUT2D eigenvalue weighted by atomic mass is 10.4. The van der Waals surface area contributed by atoms with Gasteiger partial charge >= 0.3 is 0 Å². The van der Waals surface area contributed by atoms with Crippen LogP contribution in [0.3, 0.4) is 0 Å². The first-order valence-corrected chi connectivity index (χ1v) is 4.48. The van der Waals surface area contributed by atoms with Gasteiger partial charge < -0.3 is 29.9 Å². The summed E-state index contributed by atoms with van der Waals surface area (Å²) in [5.74, 6) is 0. The molecule has 0 saturated carbocycles. The topological polar surface area (TPSA) is 99.7 Å². The van der Waals surface area contributed by atoms with Crippen molar-refractivity contribution in [3.63, 3.8) is 0 Å². The highest BCUT2D eigenvalue weighted by molar-refractivity contribution is 4.59. The molecule has 0 radical (unpaired) electrons. The smallest absolute Gasteiger partial charge is 0.116 e. The Kier molecular flexibility index (Phi) is 57.9. The van der Waals surface area contributed by atoms with Gasteiger partial charge in [0.25, 0.3) is 0 Å². The summed E-state index contributed by atoms with van der Waals surface area (Å²) in [5, 5.41) is 17.0. The molecule has 0 heterocycles. The summed E-state index contributed by atoms with van der Waals surface area (Å²) in [5.41, 5.74) is 0. The van der Waals surface area contributed by atoms with Crippen LogP contribution in [0.2, 0.25) is 0 Å². The van der Waals surface area contributed by atoms with Gasteiger partial charge in [0.2, 0.25) is 0 Å². The molecule has 0 aromatic rings. The third-order valence-electron chi connectivity index (χ3n) is 1.38. The van der Waals surface area contributed by atoms with Crippen molar-refractivity contribution in [2.24, 2.45) is 0 Å². The van der Waals surface area contributed by atoms with Crippen LogP contribution in [-0.4, -0.2) is 61.4 Å². The zero-order valence-electron chi connectivity index (χ0n) is 8.72. The maximum atomic E-state index is 8.55. The molecule has 0 aliphatic rings. The molecule has 1 atom stereocenters. The molecule has 0 bridgehead atoms. The second-order valence-electron chi connectivity index (χ2n) is 2.51. The van der Waals surface area contributed by atoms with Gasteiger partial charge in [0, 0.05) is 0 Å². The van der Waals surface area contributed by atoms with Gasteiger partial charge in [0.05, 0.1) is 39.3 Å². The van der Waals surface area contributed by atoms with E-state index in [0.29, 0.717) is 13.2 Å². The summed E-state index contributed by atoms with van der Waals surface area (Å²) in [6.07, 6.45) is 1.08. The number of hydrogen-bond donors (Lipinski definition) is 2. The Balaban J connectivity index is -0.0000000845.